The third-order valence-corrected chi connectivity index (χ3v) is 8.60. The lowest BCUT2D eigenvalue weighted by atomic mass is 10.1. The highest BCUT2D eigenvalue weighted by molar-refractivity contribution is 7.89. The monoisotopic (exact) mass is 484 g/mol. The molecule has 11 heteroatoms. The molecule has 0 aromatic carbocycles. The van der Waals surface area contributed by atoms with Gasteiger partial charge >= 0.3 is 0 Å². The molecular weight excluding hydrogens is 455 g/mol. The van der Waals surface area contributed by atoms with E-state index in [9.17, 15) is 12.8 Å². The number of imidazole rings is 1. The van der Waals surface area contributed by atoms with Crippen LogP contribution in [-0.4, -0.2) is 63.0 Å². The van der Waals surface area contributed by atoms with Crippen molar-refractivity contribution in [1.29, 1.82) is 0 Å². The van der Waals surface area contributed by atoms with Gasteiger partial charge in [0.25, 0.3) is 0 Å². The lowest BCUT2D eigenvalue weighted by molar-refractivity contribution is 0.329. The van der Waals surface area contributed by atoms with Crippen molar-refractivity contribution < 1.29 is 12.8 Å². The zero-order valence-electron chi connectivity index (χ0n) is 18.3. The molecule has 3 heterocycles. The van der Waals surface area contributed by atoms with E-state index in [1.807, 2.05) is 6.92 Å². The first-order valence-corrected chi connectivity index (χ1v) is 13.4. The van der Waals surface area contributed by atoms with E-state index in [4.69, 9.17) is 11.6 Å². The van der Waals surface area contributed by atoms with Crippen molar-refractivity contribution in [2.45, 2.75) is 64.0 Å². The number of hydrogen-bond donors (Lipinski definition) is 1. The van der Waals surface area contributed by atoms with Crippen LogP contribution in [-0.2, 0) is 10.0 Å². The highest BCUT2D eigenvalue weighted by Gasteiger charge is 2.28. The van der Waals surface area contributed by atoms with Gasteiger partial charge in [-0.25, -0.2) is 32.1 Å². The molecule has 1 saturated heterocycles. The lowest BCUT2D eigenvalue weighted by Gasteiger charge is -2.31. The van der Waals surface area contributed by atoms with Crippen molar-refractivity contribution in [2.75, 3.05) is 30.0 Å². The smallest absolute Gasteiger partial charge is 0.223 e. The fraction of sp³-hybridized carbons (Fsp3) is 0.667. The summed E-state index contributed by atoms with van der Waals surface area (Å²) in [4.78, 5) is 13.0. The van der Waals surface area contributed by atoms with Gasteiger partial charge in [0, 0.05) is 31.1 Å². The molecule has 0 amide bonds. The molecule has 0 spiro atoms. The van der Waals surface area contributed by atoms with Crippen molar-refractivity contribution in [3.05, 3.63) is 24.0 Å². The van der Waals surface area contributed by atoms with E-state index in [1.54, 1.807) is 6.20 Å². The Morgan fingerprint density at radius 2 is 1.88 bits per heavy atom. The molecule has 1 N–H and O–H groups in total. The molecule has 0 unspecified atom stereocenters. The molecule has 2 fully saturated rings. The summed E-state index contributed by atoms with van der Waals surface area (Å²) in [7, 11) is -3.27. The second-order valence-electron chi connectivity index (χ2n) is 8.57. The SMILES string of the molecule is Cc1ncc(-c2nc(NC3CCN(S(=O)(=O)CCCCl)CC3)ncc2F)n1C1CCCC1. The van der Waals surface area contributed by atoms with Gasteiger partial charge in [0.2, 0.25) is 16.0 Å². The Kier molecular flexibility index (Phi) is 7.31. The van der Waals surface area contributed by atoms with Gasteiger partial charge in [-0.15, -0.1) is 11.6 Å². The van der Waals surface area contributed by atoms with Gasteiger partial charge in [0.15, 0.2) is 5.82 Å². The molecule has 2 aliphatic rings. The van der Waals surface area contributed by atoms with Crippen LogP contribution in [0.1, 0.15) is 56.8 Å². The molecule has 2 aromatic rings. The highest BCUT2D eigenvalue weighted by atomic mass is 35.5. The number of aromatic nitrogens is 4. The van der Waals surface area contributed by atoms with E-state index in [1.165, 1.54) is 23.3 Å². The van der Waals surface area contributed by atoms with Gasteiger partial charge < -0.3 is 9.88 Å². The summed E-state index contributed by atoms with van der Waals surface area (Å²) in [5.74, 6) is 1.15. The number of hydrogen-bond acceptors (Lipinski definition) is 6. The van der Waals surface area contributed by atoms with Crippen molar-refractivity contribution in [3.63, 3.8) is 0 Å². The third kappa shape index (κ3) is 5.07. The van der Waals surface area contributed by atoms with Crippen LogP contribution in [0.15, 0.2) is 12.4 Å². The minimum atomic E-state index is -3.27. The molecule has 0 radical (unpaired) electrons. The number of nitrogens with zero attached hydrogens (tertiary/aromatic N) is 5. The van der Waals surface area contributed by atoms with Crippen LogP contribution < -0.4 is 5.32 Å². The molecule has 0 bridgehead atoms. The lowest BCUT2D eigenvalue weighted by Crippen LogP contribution is -2.43. The second-order valence-corrected chi connectivity index (χ2v) is 11.0. The summed E-state index contributed by atoms with van der Waals surface area (Å²) in [5.41, 5.74) is 0.925. The van der Waals surface area contributed by atoms with E-state index in [2.05, 4.69) is 24.8 Å². The van der Waals surface area contributed by atoms with Crippen molar-refractivity contribution in [1.82, 2.24) is 23.8 Å². The van der Waals surface area contributed by atoms with Crippen molar-refractivity contribution in [2.24, 2.45) is 0 Å². The maximum Gasteiger partial charge on any atom is 0.223 e. The Bertz CT molecular complexity index is 1030. The summed E-state index contributed by atoms with van der Waals surface area (Å²) >= 11 is 5.64. The number of piperidine rings is 1. The first-order valence-electron chi connectivity index (χ1n) is 11.3. The number of rotatable bonds is 8. The van der Waals surface area contributed by atoms with Gasteiger partial charge in [-0.3, -0.25) is 0 Å². The van der Waals surface area contributed by atoms with E-state index < -0.39 is 15.8 Å². The van der Waals surface area contributed by atoms with Crippen LogP contribution in [0, 0.1) is 12.7 Å². The largest absolute Gasteiger partial charge is 0.351 e. The molecule has 1 aliphatic carbocycles. The van der Waals surface area contributed by atoms with Gasteiger partial charge in [-0.05, 0) is 39.0 Å². The topological polar surface area (TPSA) is 93.0 Å². The fourth-order valence-corrected chi connectivity index (χ4v) is 6.52. The van der Waals surface area contributed by atoms with Crippen molar-refractivity contribution >= 4 is 27.6 Å². The standard InChI is InChI=1S/C21H30ClFN6O2S/c1-15-24-14-19(29(15)17-5-2-3-6-17)20-18(23)13-25-21(27-20)26-16-7-10-28(11-8-16)32(30,31)12-4-9-22/h13-14,16-17H,2-12H2,1H3,(H,25,26,27). The van der Waals surface area contributed by atoms with Gasteiger partial charge in [-0.2, -0.15) is 0 Å². The number of anilines is 1. The van der Waals surface area contributed by atoms with Crippen LogP contribution in [0.4, 0.5) is 10.3 Å². The minimum absolute atomic E-state index is 0.0225. The first kappa shape index (κ1) is 23.4. The summed E-state index contributed by atoms with van der Waals surface area (Å²) in [6, 6.07) is 0.345. The molecule has 0 atom stereocenters. The highest BCUT2D eigenvalue weighted by Crippen LogP contribution is 2.35. The zero-order chi connectivity index (χ0) is 22.7. The average Bonchev–Trinajstić information content (AvgIpc) is 3.43. The van der Waals surface area contributed by atoms with E-state index in [0.29, 0.717) is 55.9 Å². The predicted molar refractivity (Wildman–Crippen MR) is 123 cm³/mol. The maximum absolute atomic E-state index is 14.7. The van der Waals surface area contributed by atoms with Crippen LogP contribution in [0.2, 0.25) is 0 Å². The number of halogens is 2. The normalized spacial score (nSPS) is 19.0. The fourth-order valence-electron chi connectivity index (χ4n) is 4.70. The van der Waals surface area contributed by atoms with E-state index >= 15 is 0 Å². The zero-order valence-corrected chi connectivity index (χ0v) is 19.9. The summed E-state index contributed by atoms with van der Waals surface area (Å²) in [5, 5.41) is 3.27. The Morgan fingerprint density at radius 3 is 2.56 bits per heavy atom. The molecule has 4 rings (SSSR count). The summed E-state index contributed by atoms with van der Waals surface area (Å²) < 4.78 is 43.1. The Labute approximate surface area is 193 Å². The van der Waals surface area contributed by atoms with Gasteiger partial charge in [0.05, 0.1) is 23.8 Å². The number of nitrogens with one attached hydrogen (secondary N) is 1. The van der Waals surface area contributed by atoms with E-state index in [-0.39, 0.29) is 17.5 Å². The van der Waals surface area contributed by atoms with E-state index in [0.717, 1.165) is 18.7 Å². The number of aryl methyl sites for hydroxylation is 1. The third-order valence-electron chi connectivity index (χ3n) is 6.37. The van der Waals surface area contributed by atoms with Crippen LogP contribution in [0.25, 0.3) is 11.4 Å². The average molecular weight is 485 g/mol. The van der Waals surface area contributed by atoms with Crippen LogP contribution in [0.5, 0.6) is 0 Å². The summed E-state index contributed by atoms with van der Waals surface area (Å²) in [6.45, 7) is 2.81. The molecular formula is C21H30ClFN6O2S. The number of sulfonamides is 1. The van der Waals surface area contributed by atoms with Gasteiger partial charge in [-0.1, -0.05) is 12.8 Å². The molecule has 2 aromatic heterocycles. The quantitative estimate of drug-likeness (QED) is 0.574. The molecule has 1 saturated carbocycles. The Morgan fingerprint density at radius 1 is 1.16 bits per heavy atom. The van der Waals surface area contributed by atoms with Gasteiger partial charge in [0.1, 0.15) is 11.5 Å². The van der Waals surface area contributed by atoms with Crippen LogP contribution in [0.3, 0.4) is 0 Å². The minimum Gasteiger partial charge on any atom is -0.351 e. The number of alkyl halides is 1. The Balaban J connectivity index is 1.46. The molecule has 176 valence electrons. The van der Waals surface area contributed by atoms with Crippen LogP contribution >= 0.6 is 11.6 Å². The Hall–Kier alpha value is -1.78. The molecule has 1 aliphatic heterocycles. The molecule has 8 nitrogen and oxygen atoms in total. The maximum atomic E-state index is 14.7. The predicted octanol–water partition coefficient (Wildman–Crippen LogP) is 3.74. The second kappa shape index (κ2) is 10.0. The summed E-state index contributed by atoms with van der Waals surface area (Å²) in [6.07, 6.45) is 9.06. The first-order chi connectivity index (χ1) is 15.4. The van der Waals surface area contributed by atoms with Crippen molar-refractivity contribution in [3.8, 4) is 11.4 Å². The molecule has 32 heavy (non-hydrogen) atoms.